The molecule has 0 amide bonds. The maximum Gasteiger partial charge on any atom is 0.202 e. The van der Waals surface area contributed by atoms with Crippen molar-refractivity contribution < 1.29 is 0 Å². The molecular formula is C11H19N3S. The molecule has 3 nitrogen and oxygen atoms in total. The average molecular weight is 225 g/mol. The molecule has 15 heavy (non-hydrogen) atoms. The van der Waals surface area contributed by atoms with Crippen molar-refractivity contribution in [3.63, 3.8) is 0 Å². The molecule has 2 rings (SSSR count). The second kappa shape index (κ2) is 4.08. The van der Waals surface area contributed by atoms with Crippen molar-refractivity contribution in [2.24, 2.45) is 11.3 Å². The molecule has 0 atom stereocenters. The zero-order valence-corrected chi connectivity index (χ0v) is 10.5. The Morgan fingerprint density at radius 2 is 2.20 bits per heavy atom. The highest BCUT2D eigenvalue weighted by molar-refractivity contribution is 7.09. The zero-order valence-electron chi connectivity index (χ0n) is 9.71. The molecule has 1 aromatic rings. The summed E-state index contributed by atoms with van der Waals surface area (Å²) >= 11 is 1.48. The third kappa shape index (κ3) is 2.30. The summed E-state index contributed by atoms with van der Waals surface area (Å²) < 4.78 is 4.27. The first-order valence-corrected chi connectivity index (χ1v) is 6.50. The van der Waals surface area contributed by atoms with E-state index in [4.69, 9.17) is 0 Å². The molecule has 0 radical (unpaired) electrons. The van der Waals surface area contributed by atoms with Gasteiger partial charge in [-0.3, -0.25) is 0 Å². The first kappa shape index (κ1) is 10.9. The molecule has 1 saturated carbocycles. The first-order chi connectivity index (χ1) is 7.16. The quantitative estimate of drug-likeness (QED) is 0.837. The molecule has 84 valence electrons. The minimum atomic E-state index is 0.540. The van der Waals surface area contributed by atoms with E-state index in [9.17, 15) is 0 Å². The summed E-state index contributed by atoms with van der Waals surface area (Å²) in [5.74, 6) is 1.72. The second-order valence-electron chi connectivity index (χ2n) is 4.74. The topological polar surface area (TPSA) is 37.8 Å². The summed E-state index contributed by atoms with van der Waals surface area (Å²) in [6, 6.07) is 0. The molecule has 0 saturated heterocycles. The van der Waals surface area contributed by atoms with E-state index < -0.39 is 0 Å². The van der Waals surface area contributed by atoms with Crippen LogP contribution in [0.1, 0.15) is 39.4 Å². The van der Waals surface area contributed by atoms with E-state index >= 15 is 0 Å². The van der Waals surface area contributed by atoms with Crippen molar-refractivity contribution >= 4 is 16.7 Å². The van der Waals surface area contributed by atoms with Crippen LogP contribution in [-0.4, -0.2) is 15.9 Å². The number of hydrogen-bond donors (Lipinski definition) is 1. The Bertz CT molecular complexity index is 328. The lowest BCUT2D eigenvalue weighted by molar-refractivity contribution is 0.380. The van der Waals surface area contributed by atoms with E-state index in [2.05, 4.69) is 35.4 Å². The molecule has 1 heterocycles. The van der Waals surface area contributed by atoms with Crippen LogP contribution in [0.15, 0.2) is 0 Å². The van der Waals surface area contributed by atoms with E-state index in [-0.39, 0.29) is 0 Å². The van der Waals surface area contributed by atoms with Crippen molar-refractivity contribution in [3.05, 3.63) is 5.82 Å². The molecule has 0 bridgehead atoms. The van der Waals surface area contributed by atoms with Gasteiger partial charge in [-0.2, -0.15) is 4.37 Å². The highest BCUT2D eigenvalue weighted by Crippen LogP contribution is 2.51. The van der Waals surface area contributed by atoms with Gasteiger partial charge in [-0.05, 0) is 24.2 Å². The Morgan fingerprint density at radius 3 is 2.67 bits per heavy atom. The van der Waals surface area contributed by atoms with Gasteiger partial charge in [0.15, 0.2) is 0 Å². The number of rotatable bonds is 5. The monoisotopic (exact) mass is 225 g/mol. The third-order valence-corrected chi connectivity index (χ3v) is 4.20. The molecule has 1 aliphatic rings. The van der Waals surface area contributed by atoms with Gasteiger partial charge < -0.3 is 5.32 Å². The van der Waals surface area contributed by atoms with Gasteiger partial charge in [0.2, 0.25) is 5.13 Å². The molecule has 0 aliphatic heterocycles. The fraction of sp³-hybridized carbons (Fsp3) is 0.818. The predicted molar refractivity (Wildman–Crippen MR) is 64.3 cm³/mol. The summed E-state index contributed by atoms with van der Waals surface area (Å²) in [7, 11) is 0. The second-order valence-corrected chi connectivity index (χ2v) is 5.49. The maximum atomic E-state index is 4.42. The molecule has 1 N–H and O–H groups in total. The highest BCUT2D eigenvalue weighted by atomic mass is 32.1. The maximum absolute atomic E-state index is 4.42. The fourth-order valence-corrected chi connectivity index (χ4v) is 2.48. The summed E-state index contributed by atoms with van der Waals surface area (Å²) in [6.07, 6.45) is 3.64. The van der Waals surface area contributed by atoms with E-state index in [1.165, 1.54) is 24.4 Å². The van der Waals surface area contributed by atoms with Crippen LogP contribution < -0.4 is 5.32 Å². The lowest BCUT2D eigenvalue weighted by Crippen LogP contribution is -2.20. The van der Waals surface area contributed by atoms with Gasteiger partial charge in [0.25, 0.3) is 0 Å². The van der Waals surface area contributed by atoms with E-state index in [1.807, 2.05) is 0 Å². The minimum absolute atomic E-state index is 0.540. The zero-order chi connectivity index (χ0) is 10.9. The Labute approximate surface area is 95.5 Å². The van der Waals surface area contributed by atoms with Crippen LogP contribution in [0.25, 0.3) is 0 Å². The number of aryl methyl sites for hydroxylation is 1. The normalized spacial score (nSPS) is 18.1. The number of nitrogens with one attached hydrogen (secondary N) is 1. The lowest BCUT2D eigenvalue weighted by atomic mass is 9.92. The summed E-state index contributed by atoms with van der Waals surface area (Å²) in [6.45, 7) is 7.77. The molecule has 0 spiro atoms. The van der Waals surface area contributed by atoms with Crippen LogP contribution >= 0.6 is 11.5 Å². The Morgan fingerprint density at radius 1 is 1.47 bits per heavy atom. The number of nitrogens with zero attached hydrogens (tertiary/aromatic N) is 2. The highest BCUT2D eigenvalue weighted by Gasteiger charge is 2.45. The van der Waals surface area contributed by atoms with Gasteiger partial charge in [-0.15, -0.1) is 0 Å². The van der Waals surface area contributed by atoms with E-state index in [1.54, 1.807) is 0 Å². The fourth-order valence-electron chi connectivity index (χ4n) is 1.84. The van der Waals surface area contributed by atoms with Crippen molar-refractivity contribution in [1.29, 1.82) is 0 Å². The van der Waals surface area contributed by atoms with Crippen LogP contribution in [-0.2, 0) is 6.42 Å². The van der Waals surface area contributed by atoms with Crippen molar-refractivity contribution in [1.82, 2.24) is 9.36 Å². The minimum Gasteiger partial charge on any atom is -0.360 e. The van der Waals surface area contributed by atoms with Gasteiger partial charge in [0, 0.05) is 24.5 Å². The lowest BCUT2D eigenvalue weighted by Gasteiger charge is -2.19. The summed E-state index contributed by atoms with van der Waals surface area (Å²) in [4.78, 5) is 4.42. The predicted octanol–water partition coefficient (Wildman–Crippen LogP) is 2.95. The number of anilines is 1. The van der Waals surface area contributed by atoms with Crippen LogP contribution in [0.2, 0.25) is 0 Å². The van der Waals surface area contributed by atoms with Crippen molar-refractivity contribution in [2.45, 2.75) is 40.0 Å². The van der Waals surface area contributed by atoms with Crippen molar-refractivity contribution in [3.8, 4) is 0 Å². The van der Waals surface area contributed by atoms with Gasteiger partial charge in [-0.25, -0.2) is 4.98 Å². The molecule has 4 heteroatoms. The largest absolute Gasteiger partial charge is 0.360 e. The Hall–Kier alpha value is -0.640. The van der Waals surface area contributed by atoms with Crippen molar-refractivity contribution in [2.75, 3.05) is 11.9 Å². The standard InChI is InChI=1S/C11H19N3S/c1-4-9-13-10(15-14-9)12-7-11(5-6-11)8(2)3/h8H,4-7H2,1-3H3,(H,12,13,14). The number of hydrogen-bond acceptors (Lipinski definition) is 4. The van der Waals surface area contributed by atoms with Crippen LogP contribution in [0.5, 0.6) is 0 Å². The smallest absolute Gasteiger partial charge is 0.202 e. The first-order valence-electron chi connectivity index (χ1n) is 5.73. The Kier molecular flexibility index (Phi) is 2.96. The van der Waals surface area contributed by atoms with Gasteiger partial charge in [0.1, 0.15) is 5.82 Å². The molecule has 0 aromatic carbocycles. The summed E-state index contributed by atoms with van der Waals surface area (Å²) in [5, 5.41) is 4.41. The van der Waals surface area contributed by atoms with Gasteiger partial charge >= 0.3 is 0 Å². The molecule has 1 aromatic heterocycles. The SMILES string of the molecule is CCc1nsc(NCC2(C(C)C)CC2)n1. The summed E-state index contributed by atoms with van der Waals surface area (Å²) in [5.41, 5.74) is 0.540. The van der Waals surface area contributed by atoms with E-state index in [0.29, 0.717) is 5.41 Å². The Balaban J connectivity index is 1.88. The number of aromatic nitrogens is 2. The van der Waals surface area contributed by atoms with Gasteiger partial charge in [0.05, 0.1) is 0 Å². The molecule has 0 unspecified atom stereocenters. The average Bonchev–Trinajstić information content (AvgIpc) is 2.88. The van der Waals surface area contributed by atoms with Gasteiger partial charge in [-0.1, -0.05) is 20.8 Å². The van der Waals surface area contributed by atoms with Crippen LogP contribution in [0, 0.1) is 11.3 Å². The third-order valence-electron chi connectivity index (χ3n) is 3.49. The van der Waals surface area contributed by atoms with Crippen LogP contribution in [0.4, 0.5) is 5.13 Å². The van der Waals surface area contributed by atoms with E-state index in [0.717, 1.165) is 29.8 Å². The molecule has 1 aliphatic carbocycles. The van der Waals surface area contributed by atoms with Crippen LogP contribution in [0.3, 0.4) is 0 Å². The molecule has 1 fully saturated rings. The molecular weight excluding hydrogens is 206 g/mol.